The Kier molecular flexibility index (Phi) is 7.82. The molecule has 2 aromatic heterocycles. The summed E-state index contributed by atoms with van der Waals surface area (Å²) in [6, 6.07) is 9.70. The van der Waals surface area contributed by atoms with E-state index in [-0.39, 0.29) is 23.1 Å². The molecular weight excluding hydrogens is 472 g/mol. The van der Waals surface area contributed by atoms with Crippen LogP contribution in [-0.2, 0) is 20.7 Å². The van der Waals surface area contributed by atoms with Crippen LogP contribution in [-0.4, -0.2) is 64.3 Å². The van der Waals surface area contributed by atoms with Gasteiger partial charge in [0.25, 0.3) is 0 Å². The molecule has 3 aromatic rings. The molecular formula is C28H36N4O5. The topological polar surface area (TPSA) is 114 Å². The quantitative estimate of drug-likeness (QED) is 0.327. The molecule has 3 amide bonds. The van der Waals surface area contributed by atoms with Crippen molar-refractivity contribution in [2.45, 2.75) is 52.5 Å². The van der Waals surface area contributed by atoms with Crippen LogP contribution in [0.1, 0.15) is 51.6 Å². The Balaban J connectivity index is 1.44. The summed E-state index contributed by atoms with van der Waals surface area (Å²) in [5.74, 6) is -0.428. The number of rotatable bonds is 9. The highest BCUT2D eigenvalue weighted by atomic mass is 16.5. The maximum Gasteiger partial charge on any atom is 0.407 e. The maximum atomic E-state index is 12.6. The zero-order chi connectivity index (χ0) is 26.7. The molecule has 4 rings (SSSR count). The van der Waals surface area contributed by atoms with Crippen molar-refractivity contribution in [2.75, 3.05) is 26.8 Å². The Bertz CT molecular complexity index is 1310. The van der Waals surface area contributed by atoms with Gasteiger partial charge in [0.15, 0.2) is 0 Å². The van der Waals surface area contributed by atoms with Gasteiger partial charge in [-0.15, -0.1) is 0 Å². The van der Waals surface area contributed by atoms with Crippen molar-refractivity contribution >= 4 is 39.8 Å². The monoisotopic (exact) mass is 508 g/mol. The van der Waals surface area contributed by atoms with Gasteiger partial charge in [-0.1, -0.05) is 26.8 Å². The number of nitrogens with one attached hydrogen (secondary N) is 1. The van der Waals surface area contributed by atoms with Crippen molar-refractivity contribution in [1.29, 1.82) is 0 Å². The number of nitrogens with zero attached hydrogens (tertiary/aromatic N) is 3. The van der Waals surface area contributed by atoms with Crippen molar-refractivity contribution in [1.82, 2.24) is 19.8 Å². The number of hydrogen-bond acceptors (Lipinski definition) is 5. The van der Waals surface area contributed by atoms with Crippen molar-refractivity contribution in [3.63, 3.8) is 0 Å². The molecule has 2 unspecified atom stereocenters. The molecule has 2 N–H and O–H groups in total. The molecule has 9 nitrogen and oxygen atoms in total. The first kappa shape index (κ1) is 26.6. The highest BCUT2D eigenvalue weighted by Crippen LogP contribution is 2.34. The maximum absolute atomic E-state index is 12.6. The van der Waals surface area contributed by atoms with Gasteiger partial charge in [0.2, 0.25) is 11.8 Å². The second-order valence-corrected chi connectivity index (χ2v) is 11.0. The molecule has 1 saturated heterocycles. The standard InChI is InChI=1S/C28H36N4O5/c1-28(2,3)19(16-31(4)27(35)36)17-37-14-6-7-18-9-10-22-21(15-18)20-8-5-13-29-25(20)32(22)23-11-12-24(33)30-26(23)34/h5,8-10,13,15,19,23H,6-7,11-12,14,16-17H2,1-4H3,(H,35,36)(H,30,33,34). The molecule has 0 radical (unpaired) electrons. The summed E-state index contributed by atoms with van der Waals surface area (Å²) in [5.41, 5.74) is 2.77. The van der Waals surface area contributed by atoms with Crippen LogP contribution in [0.25, 0.3) is 21.9 Å². The number of hydrogen-bond donors (Lipinski definition) is 2. The number of aromatic nitrogens is 2. The zero-order valence-electron chi connectivity index (χ0n) is 22.0. The number of carboxylic acid groups (broad SMARTS) is 1. The summed E-state index contributed by atoms with van der Waals surface area (Å²) in [7, 11) is 1.59. The van der Waals surface area contributed by atoms with Gasteiger partial charge < -0.3 is 19.3 Å². The average Bonchev–Trinajstić information content (AvgIpc) is 3.16. The van der Waals surface area contributed by atoms with Crippen LogP contribution < -0.4 is 5.32 Å². The average molecular weight is 509 g/mol. The lowest BCUT2D eigenvalue weighted by Gasteiger charge is -2.33. The molecule has 1 fully saturated rings. The molecule has 1 aliphatic rings. The number of fused-ring (bicyclic) bond motifs is 3. The predicted octanol–water partition coefficient (Wildman–Crippen LogP) is 4.39. The fourth-order valence-corrected chi connectivity index (χ4v) is 4.91. The summed E-state index contributed by atoms with van der Waals surface area (Å²) in [6.45, 7) is 7.83. The Morgan fingerprint density at radius 2 is 2.05 bits per heavy atom. The van der Waals surface area contributed by atoms with Crippen LogP contribution >= 0.6 is 0 Å². The van der Waals surface area contributed by atoms with Crippen LogP contribution in [0, 0.1) is 11.3 Å². The summed E-state index contributed by atoms with van der Waals surface area (Å²) in [6.07, 6.45) is 3.22. The molecule has 3 heterocycles. The van der Waals surface area contributed by atoms with E-state index in [9.17, 15) is 19.5 Å². The van der Waals surface area contributed by atoms with Crippen molar-refractivity contribution < 1.29 is 24.2 Å². The Hall–Kier alpha value is -3.46. The van der Waals surface area contributed by atoms with E-state index in [0.717, 1.165) is 34.8 Å². The molecule has 1 aromatic carbocycles. The molecule has 0 aliphatic carbocycles. The minimum absolute atomic E-state index is 0.0699. The zero-order valence-corrected chi connectivity index (χ0v) is 22.0. The molecule has 0 spiro atoms. The van der Waals surface area contributed by atoms with Gasteiger partial charge in [-0.05, 0) is 54.5 Å². The van der Waals surface area contributed by atoms with Gasteiger partial charge in [0.05, 0.1) is 12.1 Å². The molecule has 2 atom stereocenters. The fourth-order valence-electron chi connectivity index (χ4n) is 4.91. The number of amides is 3. The number of aryl methyl sites for hydroxylation is 1. The minimum Gasteiger partial charge on any atom is -0.465 e. The van der Waals surface area contributed by atoms with Gasteiger partial charge in [-0.2, -0.15) is 0 Å². The molecule has 198 valence electrons. The van der Waals surface area contributed by atoms with Crippen LogP contribution in [0.4, 0.5) is 4.79 Å². The van der Waals surface area contributed by atoms with E-state index in [1.807, 2.05) is 22.8 Å². The highest BCUT2D eigenvalue weighted by molar-refractivity contribution is 6.09. The van der Waals surface area contributed by atoms with E-state index in [4.69, 9.17) is 4.74 Å². The minimum atomic E-state index is -0.932. The number of ether oxygens (including phenoxy) is 1. The van der Waals surface area contributed by atoms with E-state index < -0.39 is 12.1 Å². The number of carbonyl (C=O) groups is 3. The number of carbonyl (C=O) groups excluding carboxylic acids is 2. The van der Waals surface area contributed by atoms with Gasteiger partial charge >= 0.3 is 6.09 Å². The van der Waals surface area contributed by atoms with Crippen LogP contribution in [0.5, 0.6) is 0 Å². The smallest absolute Gasteiger partial charge is 0.407 e. The van der Waals surface area contributed by atoms with E-state index in [1.54, 1.807) is 13.2 Å². The normalized spacial score (nSPS) is 17.2. The number of imide groups is 1. The van der Waals surface area contributed by atoms with E-state index in [0.29, 0.717) is 32.6 Å². The van der Waals surface area contributed by atoms with Gasteiger partial charge in [0.1, 0.15) is 11.7 Å². The second-order valence-electron chi connectivity index (χ2n) is 11.0. The third-order valence-electron chi connectivity index (χ3n) is 7.27. The van der Waals surface area contributed by atoms with Gasteiger partial charge in [-0.3, -0.25) is 14.9 Å². The van der Waals surface area contributed by atoms with Crippen LogP contribution in [0.15, 0.2) is 36.5 Å². The van der Waals surface area contributed by atoms with Crippen molar-refractivity contribution in [3.05, 3.63) is 42.1 Å². The number of benzene rings is 1. The lowest BCUT2D eigenvalue weighted by Crippen LogP contribution is -2.41. The molecule has 0 bridgehead atoms. The second kappa shape index (κ2) is 10.9. The number of piperidine rings is 1. The van der Waals surface area contributed by atoms with Crippen molar-refractivity contribution in [3.8, 4) is 0 Å². The number of pyridine rings is 1. The molecule has 9 heteroatoms. The van der Waals surface area contributed by atoms with Crippen LogP contribution in [0.3, 0.4) is 0 Å². The molecule has 1 aliphatic heterocycles. The Labute approximate surface area is 216 Å². The van der Waals surface area contributed by atoms with E-state index in [2.05, 4.69) is 43.2 Å². The lowest BCUT2D eigenvalue weighted by atomic mass is 9.81. The summed E-state index contributed by atoms with van der Waals surface area (Å²) < 4.78 is 7.94. The van der Waals surface area contributed by atoms with Crippen LogP contribution in [0.2, 0.25) is 0 Å². The largest absolute Gasteiger partial charge is 0.465 e. The third-order valence-corrected chi connectivity index (χ3v) is 7.27. The lowest BCUT2D eigenvalue weighted by molar-refractivity contribution is -0.135. The fraction of sp³-hybridized carbons (Fsp3) is 0.500. The summed E-state index contributed by atoms with van der Waals surface area (Å²) >= 11 is 0. The van der Waals surface area contributed by atoms with Crippen molar-refractivity contribution in [2.24, 2.45) is 11.3 Å². The third kappa shape index (κ3) is 5.93. The summed E-state index contributed by atoms with van der Waals surface area (Å²) in [4.78, 5) is 41.4. The first-order valence-electron chi connectivity index (χ1n) is 12.8. The van der Waals surface area contributed by atoms with Gasteiger partial charge in [-0.25, -0.2) is 9.78 Å². The predicted molar refractivity (Wildman–Crippen MR) is 141 cm³/mol. The SMILES string of the molecule is CN(CC(COCCCc1ccc2c(c1)c1cccnc1n2C1CCC(=O)NC1=O)C(C)(C)C)C(=O)O. The highest BCUT2D eigenvalue weighted by Gasteiger charge is 2.31. The Morgan fingerprint density at radius 1 is 1.27 bits per heavy atom. The molecule has 0 saturated carbocycles. The Morgan fingerprint density at radius 3 is 2.76 bits per heavy atom. The first-order chi connectivity index (χ1) is 17.6. The summed E-state index contributed by atoms with van der Waals surface area (Å²) in [5, 5.41) is 13.7. The first-order valence-corrected chi connectivity index (χ1v) is 12.8. The van der Waals surface area contributed by atoms with E-state index >= 15 is 0 Å². The van der Waals surface area contributed by atoms with E-state index in [1.165, 1.54) is 10.5 Å². The molecule has 37 heavy (non-hydrogen) atoms. The van der Waals surface area contributed by atoms with Gasteiger partial charge in [0, 0.05) is 49.5 Å².